The number of hydrogen-bond acceptors (Lipinski definition) is 4. The van der Waals surface area contributed by atoms with Crippen molar-refractivity contribution in [3.8, 4) is 11.5 Å². The first kappa shape index (κ1) is 16.8. The molecular formula is C16H27NO3. The molecule has 4 nitrogen and oxygen atoms in total. The van der Waals surface area contributed by atoms with Gasteiger partial charge in [-0.3, -0.25) is 0 Å². The predicted molar refractivity (Wildman–Crippen MR) is 81.5 cm³/mol. The average Bonchev–Trinajstić information content (AvgIpc) is 2.43. The van der Waals surface area contributed by atoms with E-state index in [2.05, 4.69) is 25.2 Å². The molecule has 1 rings (SSSR count). The minimum atomic E-state index is 0.320. The second-order valence-electron chi connectivity index (χ2n) is 5.07. The molecule has 20 heavy (non-hydrogen) atoms. The Morgan fingerprint density at radius 2 is 1.95 bits per heavy atom. The van der Waals surface area contributed by atoms with Crippen molar-refractivity contribution in [2.24, 2.45) is 5.92 Å². The lowest BCUT2D eigenvalue weighted by Gasteiger charge is -2.22. The largest absolute Gasteiger partial charge is 0.493 e. The molecule has 0 spiro atoms. The van der Waals surface area contributed by atoms with Crippen LogP contribution in [0.4, 0.5) is 0 Å². The second-order valence-corrected chi connectivity index (χ2v) is 5.07. The lowest BCUT2D eigenvalue weighted by atomic mass is 10.0. The molecular weight excluding hydrogens is 254 g/mol. The van der Waals surface area contributed by atoms with Crippen LogP contribution in [0.1, 0.15) is 26.3 Å². The molecule has 0 heterocycles. The Morgan fingerprint density at radius 1 is 1.20 bits per heavy atom. The van der Waals surface area contributed by atoms with Gasteiger partial charge in [0.1, 0.15) is 0 Å². The van der Waals surface area contributed by atoms with Crippen molar-refractivity contribution in [2.45, 2.75) is 33.4 Å². The van der Waals surface area contributed by atoms with Crippen molar-refractivity contribution in [2.75, 3.05) is 27.4 Å². The topological polar surface area (TPSA) is 39.7 Å². The summed E-state index contributed by atoms with van der Waals surface area (Å²) in [4.78, 5) is 0. The Morgan fingerprint density at radius 3 is 2.50 bits per heavy atom. The number of ether oxygens (including phenoxy) is 3. The van der Waals surface area contributed by atoms with Crippen molar-refractivity contribution in [3.63, 3.8) is 0 Å². The number of benzene rings is 1. The van der Waals surface area contributed by atoms with Crippen LogP contribution < -0.4 is 14.8 Å². The summed E-state index contributed by atoms with van der Waals surface area (Å²) in [5.41, 5.74) is 1.10. The minimum Gasteiger partial charge on any atom is -0.493 e. The van der Waals surface area contributed by atoms with E-state index in [4.69, 9.17) is 14.2 Å². The van der Waals surface area contributed by atoms with E-state index < -0.39 is 0 Å². The van der Waals surface area contributed by atoms with Crippen LogP contribution in [0.25, 0.3) is 0 Å². The van der Waals surface area contributed by atoms with Crippen molar-refractivity contribution in [1.29, 1.82) is 0 Å². The standard InChI is InChI=1S/C16H27NO3/c1-6-20-15-9-7-8-13(16(15)19-5)10-17-14(11-18-4)12(2)3/h7-9,12,14,17H,6,10-11H2,1-5H3. The van der Waals surface area contributed by atoms with E-state index in [9.17, 15) is 0 Å². The summed E-state index contributed by atoms with van der Waals surface area (Å²) in [6.07, 6.45) is 0. The molecule has 1 aromatic carbocycles. The van der Waals surface area contributed by atoms with Gasteiger partial charge in [0.15, 0.2) is 11.5 Å². The van der Waals surface area contributed by atoms with Crippen LogP contribution in [0.3, 0.4) is 0 Å². The molecule has 0 fully saturated rings. The van der Waals surface area contributed by atoms with Gasteiger partial charge in [0, 0.05) is 25.3 Å². The zero-order valence-corrected chi connectivity index (χ0v) is 13.2. The van der Waals surface area contributed by atoms with Crippen LogP contribution in [0, 0.1) is 5.92 Å². The van der Waals surface area contributed by atoms with Gasteiger partial charge in [-0.05, 0) is 18.9 Å². The highest BCUT2D eigenvalue weighted by atomic mass is 16.5. The fraction of sp³-hybridized carbons (Fsp3) is 0.625. The van der Waals surface area contributed by atoms with Crippen LogP contribution >= 0.6 is 0 Å². The highest BCUT2D eigenvalue weighted by Crippen LogP contribution is 2.31. The molecule has 4 heteroatoms. The molecule has 1 aromatic rings. The molecule has 1 atom stereocenters. The molecule has 0 radical (unpaired) electrons. The Labute approximate surface area is 122 Å². The summed E-state index contributed by atoms with van der Waals surface area (Å²) in [6.45, 7) is 8.40. The van der Waals surface area contributed by atoms with Crippen LogP contribution in [0.2, 0.25) is 0 Å². The van der Waals surface area contributed by atoms with E-state index in [1.165, 1.54) is 0 Å². The van der Waals surface area contributed by atoms with Crippen molar-refractivity contribution < 1.29 is 14.2 Å². The third-order valence-corrected chi connectivity index (χ3v) is 3.27. The van der Waals surface area contributed by atoms with Crippen LogP contribution in [-0.2, 0) is 11.3 Å². The van der Waals surface area contributed by atoms with Crippen molar-refractivity contribution in [1.82, 2.24) is 5.32 Å². The van der Waals surface area contributed by atoms with Gasteiger partial charge in [-0.1, -0.05) is 26.0 Å². The molecule has 0 aliphatic heterocycles. The molecule has 0 bridgehead atoms. The van der Waals surface area contributed by atoms with Gasteiger partial charge in [0.05, 0.1) is 20.3 Å². The zero-order chi connectivity index (χ0) is 15.0. The number of para-hydroxylation sites is 1. The molecule has 1 unspecified atom stereocenters. The van der Waals surface area contributed by atoms with Crippen LogP contribution in [0.15, 0.2) is 18.2 Å². The Bertz CT molecular complexity index is 393. The van der Waals surface area contributed by atoms with E-state index in [1.54, 1.807) is 14.2 Å². The minimum absolute atomic E-state index is 0.320. The van der Waals surface area contributed by atoms with E-state index >= 15 is 0 Å². The number of methoxy groups -OCH3 is 2. The number of nitrogens with one attached hydrogen (secondary N) is 1. The van der Waals surface area contributed by atoms with E-state index in [-0.39, 0.29) is 0 Å². The third-order valence-electron chi connectivity index (χ3n) is 3.27. The van der Waals surface area contributed by atoms with Gasteiger partial charge in [0.25, 0.3) is 0 Å². The second kappa shape index (κ2) is 8.82. The maximum absolute atomic E-state index is 5.59. The first-order valence-electron chi connectivity index (χ1n) is 7.15. The highest BCUT2D eigenvalue weighted by Gasteiger charge is 2.15. The van der Waals surface area contributed by atoms with Gasteiger partial charge in [-0.15, -0.1) is 0 Å². The summed E-state index contributed by atoms with van der Waals surface area (Å²) in [7, 11) is 3.41. The lowest BCUT2D eigenvalue weighted by Crippen LogP contribution is -2.37. The molecule has 0 saturated carbocycles. The van der Waals surface area contributed by atoms with Gasteiger partial charge < -0.3 is 19.5 Å². The van der Waals surface area contributed by atoms with E-state index in [0.29, 0.717) is 25.2 Å². The van der Waals surface area contributed by atoms with Crippen molar-refractivity contribution in [3.05, 3.63) is 23.8 Å². The molecule has 114 valence electrons. The molecule has 0 saturated heterocycles. The maximum Gasteiger partial charge on any atom is 0.165 e. The van der Waals surface area contributed by atoms with Gasteiger partial charge in [-0.2, -0.15) is 0 Å². The SMILES string of the molecule is CCOc1cccc(CNC(COC)C(C)C)c1OC. The Kier molecular flexibility index (Phi) is 7.41. The third kappa shape index (κ3) is 4.69. The maximum atomic E-state index is 5.59. The lowest BCUT2D eigenvalue weighted by molar-refractivity contribution is 0.146. The average molecular weight is 281 g/mol. The predicted octanol–water partition coefficient (Wildman–Crippen LogP) is 2.85. The van der Waals surface area contributed by atoms with Gasteiger partial charge in [-0.25, -0.2) is 0 Å². The van der Waals surface area contributed by atoms with Crippen LogP contribution in [-0.4, -0.2) is 33.5 Å². The summed E-state index contributed by atoms with van der Waals surface area (Å²) in [5, 5.41) is 3.52. The molecule has 0 aromatic heterocycles. The fourth-order valence-electron chi connectivity index (χ4n) is 2.11. The Balaban J connectivity index is 2.78. The summed E-state index contributed by atoms with van der Waals surface area (Å²) in [6, 6.07) is 6.30. The smallest absolute Gasteiger partial charge is 0.165 e. The number of hydrogen-bond donors (Lipinski definition) is 1. The first-order valence-corrected chi connectivity index (χ1v) is 7.15. The van der Waals surface area contributed by atoms with Gasteiger partial charge >= 0.3 is 0 Å². The van der Waals surface area contributed by atoms with E-state index in [1.807, 2.05) is 19.1 Å². The Hall–Kier alpha value is -1.26. The highest BCUT2D eigenvalue weighted by molar-refractivity contribution is 5.46. The quantitative estimate of drug-likeness (QED) is 0.755. The summed E-state index contributed by atoms with van der Waals surface area (Å²) >= 11 is 0. The van der Waals surface area contributed by atoms with Gasteiger partial charge in [0.2, 0.25) is 0 Å². The van der Waals surface area contributed by atoms with Crippen molar-refractivity contribution >= 4 is 0 Å². The number of rotatable bonds is 9. The molecule has 0 aliphatic rings. The zero-order valence-electron chi connectivity index (χ0n) is 13.2. The fourth-order valence-corrected chi connectivity index (χ4v) is 2.11. The molecule has 0 amide bonds. The van der Waals surface area contributed by atoms with E-state index in [0.717, 1.165) is 23.6 Å². The molecule has 0 aliphatic carbocycles. The van der Waals surface area contributed by atoms with Crippen LogP contribution in [0.5, 0.6) is 11.5 Å². The molecule has 1 N–H and O–H groups in total. The monoisotopic (exact) mass is 281 g/mol. The summed E-state index contributed by atoms with van der Waals surface area (Å²) in [5.74, 6) is 2.11. The summed E-state index contributed by atoms with van der Waals surface area (Å²) < 4.78 is 16.3. The first-order chi connectivity index (χ1) is 9.63. The normalized spacial score (nSPS) is 12.5.